The van der Waals surface area contributed by atoms with E-state index in [0.717, 1.165) is 5.56 Å². The maximum Gasteiger partial charge on any atom is 0.254 e. The number of benzene rings is 1. The molecule has 4 atom stereocenters. The Morgan fingerprint density at radius 2 is 1.95 bits per heavy atom. The average molecular weight is 281 g/mol. The third kappa shape index (κ3) is 2.83. The molecule has 0 aromatic heterocycles. The van der Waals surface area contributed by atoms with E-state index in [4.69, 9.17) is 0 Å². The molecule has 20 heavy (non-hydrogen) atoms. The third-order valence-corrected chi connectivity index (χ3v) is 3.90. The summed E-state index contributed by atoms with van der Waals surface area (Å²) in [7, 11) is 1.57. The van der Waals surface area contributed by atoms with Gasteiger partial charge in [0.2, 0.25) is 0 Å². The number of carbonyl (C=O) groups excluding carboxylic acids is 1. The lowest BCUT2D eigenvalue weighted by molar-refractivity contribution is -0.701. The summed E-state index contributed by atoms with van der Waals surface area (Å²) in [5.41, 5.74) is 0.983. The van der Waals surface area contributed by atoms with Crippen LogP contribution in [0.4, 0.5) is 0 Å². The molecule has 1 aromatic carbocycles. The first kappa shape index (κ1) is 14.9. The number of nitrogens with two attached hydrogens (primary N) is 1. The number of aliphatic hydroxyl groups excluding tert-OH is 3. The van der Waals surface area contributed by atoms with E-state index in [0.29, 0.717) is 6.54 Å². The standard InChI is InChI=1S/C14H20N2O4/c1-16-11(12(18)13(19)14(16)20)7-15-10(8-17)9-5-3-2-4-6-9/h2-6,10-13,15,17-19H,7-8H2,1H3/p+1/t10-,11+,12+,13+/m0/s1. The van der Waals surface area contributed by atoms with Gasteiger partial charge in [-0.25, -0.2) is 0 Å². The van der Waals surface area contributed by atoms with E-state index in [2.05, 4.69) is 0 Å². The van der Waals surface area contributed by atoms with Crippen LogP contribution in [-0.2, 0) is 4.79 Å². The van der Waals surface area contributed by atoms with E-state index in [1.807, 2.05) is 35.6 Å². The van der Waals surface area contributed by atoms with Gasteiger partial charge in [-0.15, -0.1) is 0 Å². The monoisotopic (exact) mass is 281 g/mol. The number of likely N-dealkylation sites (tertiary alicyclic amines) is 1. The van der Waals surface area contributed by atoms with E-state index < -0.39 is 24.2 Å². The van der Waals surface area contributed by atoms with Crippen LogP contribution in [0.2, 0.25) is 0 Å². The molecule has 0 unspecified atom stereocenters. The van der Waals surface area contributed by atoms with Crippen LogP contribution in [0.15, 0.2) is 30.3 Å². The van der Waals surface area contributed by atoms with Crippen molar-refractivity contribution in [2.45, 2.75) is 24.3 Å². The normalized spacial score (nSPS) is 27.9. The zero-order valence-electron chi connectivity index (χ0n) is 11.4. The van der Waals surface area contributed by atoms with E-state index >= 15 is 0 Å². The number of nitrogens with zero attached hydrogens (tertiary/aromatic N) is 1. The summed E-state index contributed by atoms with van der Waals surface area (Å²) in [4.78, 5) is 12.9. The van der Waals surface area contributed by atoms with Crippen molar-refractivity contribution in [2.24, 2.45) is 0 Å². The highest BCUT2D eigenvalue weighted by molar-refractivity contribution is 5.84. The Morgan fingerprint density at radius 1 is 1.30 bits per heavy atom. The Labute approximate surface area is 117 Å². The summed E-state index contributed by atoms with van der Waals surface area (Å²) in [6.07, 6.45) is -2.43. The minimum atomic E-state index is -1.34. The first-order valence-electron chi connectivity index (χ1n) is 6.68. The Kier molecular flexibility index (Phi) is 4.72. The first-order valence-corrected chi connectivity index (χ1v) is 6.68. The van der Waals surface area contributed by atoms with Gasteiger partial charge in [0, 0.05) is 12.6 Å². The zero-order chi connectivity index (χ0) is 14.7. The predicted molar refractivity (Wildman–Crippen MR) is 71.6 cm³/mol. The van der Waals surface area contributed by atoms with Gasteiger partial charge in [0.05, 0.1) is 13.2 Å². The largest absolute Gasteiger partial charge is 0.390 e. The minimum Gasteiger partial charge on any atom is -0.390 e. The molecule has 1 aromatic rings. The second-order valence-corrected chi connectivity index (χ2v) is 5.12. The molecule has 1 amide bonds. The number of hydrogen-bond donors (Lipinski definition) is 4. The number of aliphatic hydroxyl groups is 3. The van der Waals surface area contributed by atoms with Crippen molar-refractivity contribution in [3.8, 4) is 0 Å². The van der Waals surface area contributed by atoms with Gasteiger partial charge < -0.3 is 25.5 Å². The summed E-state index contributed by atoms with van der Waals surface area (Å²) in [5, 5.41) is 30.7. The molecule has 1 heterocycles. The fraction of sp³-hybridized carbons (Fsp3) is 0.500. The van der Waals surface area contributed by atoms with Crippen molar-refractivity contribution in [1.82, 2.24) is 4.90 Å². The Morgan fingerprint density at radius 3 is 2.45 bits per heavy atom. The molecule has 1 aliphatic heterocycles. The molecule has 0 spiro atoms. The van der Waals surface area contributed by atoms with E-state index in [1.165, 1.54) is 4.90 Å². The van der Waals surface area contributed by atoms with Crippen LogP contribution in [-0.4, -0.2) is 64.6 Å². The second-order valence-electron chi connectivity index (χ2n) is 5.12. The molecule has 0 aliphatic carbocycles. The van der Waals surface area contributed by atoms with Crippen molar-refractivity contribution in [3.05, 3.63) is 35.9 Å². The van der Waals surface area contributed by atoms with Gasteiger partial charge >= 0.3 is 0 Å². The van der Waals surface area contributed by atoms with Crippen LogP contribution in [0.25, 0.3) is 0 Å². The van der Waals surface area contributed by atoms with Crippen molar-refractivity contribution < 1.29 is 25.4 Å². The van der Waals surface area contributed by atoms with Crippen LogP contribution < -0.4 is 5.32 Å². The van der Waals surface area contributed by atoms with Crippen LogP contribution in [0, 0.1) is 0 Å². The molecule has 6 nitrogen and oxygen atoms in total. The highest BCUT2D eigenvalue weighted by Gasteiger charge is 2.45. The average Bonchev–Trinajstić information content (AvgIpc) is 2.66. The van der Waals surface area contributed by atoms with Gasteiger partial charge in [0.25, 0.3) is 5.91 Å². The van der Waals surface area contributed by atoms with Gasteiger partial charge in [0.15, 0.2) is 6.10 Å². The fourth-order valence-electron chi connectivity index (χ4n) is 2.58. The van der Waals surface area contributed by atoms with Crippen molar-refractivity contribution in [3.63, 3.8) is 0 Å². The number of hydrogen-bond acceptors (Lipinski definition) is 4. The van der Waals surface area contributed by atoms with Crippen molar-refractivity contribution in [2.75, 3.05) is 20.2 Å². The quantitative estimate of drug-likeness (QED) is 0.494. The molecule has 1 fully saturated rings. The maximum absolute atomic E-state index is 11.6. The number of likely N-dealkylation sites (N-methyl/N-ethyl adjacent to an activating group) is 1. The molecule has 5 N–H and O–H groups in total. The van der Waals surface area contributed by atoms with Gasteiger partial charge in [0.1, 0.15) is 18.2 Å². The van der Waals surface area contributed by atoms with Crippen molar-refractivity contribution in [1.29, 1.82) is 0 Å². The van der Waals surface area contributed by atoms with Gasteiger partial charge in [-0.1, -0.05) is 30.3 Å². The Hall–Kier alpha value is -1.47. The molecular formula is C14H21N2O4+. The van der Waals surface area contributed by atoms with Crippen LogP contribution in [0.3, 0.4) is 0 Å². The van der Waals surface area contributed by atoms with Crippen LogP contribution in [0.5, 0.6) is 0 Å². The van der Waals surface area contributed by atoms with Crippen molar-refractivity contribution >= 4 is 5.91 Å². The molecule has 0 saturated carbocycles. The molecule has 110 valence electrons. The number of carbonyl (C=O) groups is 1. The molecule has 1 saturated heterocycles. The first-order chi connectivity index (χ1) is 9.56. The summed E-state index contributed by atoms with van der Waals surface area (Å²) in [5.74, 6) is -0.462. The highest BCUT2D eigenvalue weighted by Crippen LogP contribution is 2.17. The zero-order valence-corrected chi connectivity index (χ0v) is 11.4. The van der Waals surface area contributed by atoms with Gasteiger partial charge in [-0.3, -0.25) is 4.79 Å². The summed E-state index contributed by atoms with van der Waals surface area (Å²) < 4.78 is 0. The van der Waals surface area contributed by atoms with E-state index in [-0.39, 0.29) is 12.6 Å². The molecule has 0 bridgehead atoms. The molecule has 2 rings (SSSR count). The highest BCUT2D eigenvalue weighted by atomic mass is 16.3. The molecule has 6 heteroatoms. The lowest BCUT2D eigenvalue weighted by Gasteiger charge is -2.22. The number of quaternary nitrogens is 1. The van der Waals surface area contributed by atoms with E-state index in [9.17, 15) is 20.1 Å². The van der Waals surface area contributed by atoms with Crippen LogP contribution in [0.1, 0.15) is 11.6 Å². The second kappa shape index (κ2) is 6.32. The van der Waals surface area contributed by atoms with E-state index in [1.54, 1.807) is 7.05 Å². The lowest BCUT2D eigenvalue weighted by atomic mass is 10.1. The predicted octanol–water partition coefficient (Wildman–Crippen LogP) is -2.15. The SMILES string of the molecule is CN1C(=O)[C@H](O)[C@H](O)[C@H]1C[NH2+][C@@H](CO)c1ccccc1. The Bertz CT molecular complexity index is 454. The summed E-state index contributed by atoms with van der Waals surface area (Å²) in [6, 6.07) is 8.95. The molecule has 1 aliphatic rings. The summed E-state index contributed by atoms with van der Waals surface area (Å²) in [6.45, 7) is 0.383. The fourth-order valence-corrected chi connectivity index (χ4v) is 2.58. The van der Waals surface area contributed by atoms with Crippen LogP contribution >= 0.6 is 0 Å². The summed E-state index contributed by atoms with van der Waals surface area (Å²) >= 11 is 0. The smallest absolute Gasteiger partial charge is 0.254 e. The lowest BCUT2D eigenvalue weighted by Crippen LogP contribution is -2.89. The maximum atomic E-state index is 11.6. The number of rotatable bonds is 5. The molecular weight excluding hydrogens is 260 g/mol. The topological polar surface area (TPSA) is 97.6 Å². The molecule has 0 radical (unpaired) electrons. The third-order valence-electron chi connectivity index (χ3n) is 3.90. The minimum absolute atomic E-state index is 0.0347. The van der Waals surface area contributed by atoms with Gasteiger partial charge in [-0.2, -0.15) is 0 Å². The Balaban J connectivity index is 1.99. The number of amides is 1. The van der Waals surface area contributed by atoms with Gasteiger partial charge in [-0.05, 0) is 0 Å².